The molecule has 0 spiro atoms. The van der Waals surface area contributed by atoms with E-state index in [-0.39, 0.29) is 17.1 Å². The molecule has 0 aliphatic heterocycles. The maximum absolute atomic E-state index is 9.28. The molecule has 0 saturated carbocycles. The van der Waals surface area contributed by atoms with E-state index in [1.54, 1.807) is 12.1 Å². The largest absolute Gasteiger partial charge is 0.383 e. The molecule has 23 heavy (non-hydrogen) atoms. The zero-order valence-corrected chi connectivity index (χ0v) is 11.8. The number of nitrogen functional groups attached to an aromatic ring is 1. The number of pyridine rings is 1. The summed E-state index contributed by atoms with van der Waals surface area (Å²) >= 11 is 0. The Kier molecular flexibility index (Phi) is 3.35. The summed E-state index contributed by atoms with van der Waals surface area (Å²) in [6.45, 7) is 0. The molecule has 0 amide bonds. The second kappa shape index (κ2) is 5.48. The van der Waals surface area contributed by atoms with Crippen molar-refractivity contribution in [3.63, 3.8) is 0 Å². The molecule has 3 N–H and O–H groups in total. The molecule has 2 aromatic heterocycles. The van der Waals surface area contributed by atoms with Crippen molar-refractivity contribution in [2.24, 2.45) is 0 Å². The summed E-state index contributed by atoms with van der Waals surface area (Å²) in [5, 5.41) is 27.3. The molecule has 7 heteroatoms. The molecule has 1 aromatic carbocycles. The fourth-order valence-electron chi connectivity index (χ4n) is 2.27. The highest BCUT2D eigenvalue weighted by atomic mass is 14.9. The van der Waals surface area contributed by atoms with Gasteiger partial charge in [0, 0.05) is 0 Å². The van der Waals surface area contributed by atoms with E-state index in [4.69, 9.17) is 16.3 Å². The number of nitrogens with two attached hydrogens (primary N) is 1. The predicted octanol–water partition coefficient (Wildman–Crippen LogP) is 2.21. The number of nitrogens with one attached hydrogen (secondary N) is 1. The van der Waals surface area contributed by atoms with Crippen molar-refractivity contribution in [3.8, 4) is 29.6 Å². The van der Waals surface area contributed by atoms with Crippen LogP contribution in [0.25, 0.3) is 22.4 Å². The Morgan fingerprint density at radius 1 is 1.09 bits per heavy atom. The lowest BCUT2D eigenvalue weighted by Gasteiger charge is -2.08. The molecule has 3 aromatic rings. The van der Waals surface area contributed by atoms with Gasteiger partial charge in [-0.25, -0.2) is 9.97 Å². The lowest BCUT2D eigenvalue weighted by Crippen LogP contribution is -2.05. The number of para-hydroxylation sites is 2. The number of aromatic amines is 1. The van der Waals surface area contributed by atoms with E-state index < -0.39 is 5.92 Å². The highest BCUT2D eigenvalue weighted by Crippen LogP contribution is 2.28. The summed E-state index contributed by atoms with van der Waals surface area (Å²) in [7, 11) is 0. The summed E-state index contributed by atoms with van der Waals surface area (Å²) in [6, 6.07) is 14.5. The van der Waals surface area contributed by atoms with Gasteiger partial charge >= 0.3 is 0 Å². The minimum atomic E-state index is -1.14. The van der Waals surface area contributed by atoms with Crippen molar-refractivity contribution in [1.82, 2.24) is 15.0 Å². The second-order valence-electron chi connectivity index (χ2n) is 4.76. The third-order valence-electron chi connectivity index (χ3n) is 3.38. The second-order valence-corrected chi connectivity index (χ2v) is 4.76. The smallest absolute Gasteiger partial charge is 0.176 e. The summed E-state index contributed by atoms with van der Waals surface area (Å²) in [6.07, 6.45) is 0. The fourth-order valence-corrected chi connectivity index (χ4v) is 2.27. The number of rotatable bonds is 2. The number of benzene rings is 1. The summed E-state index contributed by atoms with van der Waals surface area (Å²) in [5.74, 6) is -0.560. The summed E-state index contributed by atoms with van der Waals surface area (Å²) in [5.41, 5.74) is 8.18. The Morgan fingerprint density at radius 3 is 2.48 bits per heavy atom. The molecule has 0 radical (unpaired) electrons. The summed E-state index contributed by atoms with van der Waals surface area (Å²) in [4.78, 5) is 11.6. The van der Waals surface area contributed by atoms with E-state index >= 15 is 0 Å². The Balaban J connectivity index is 2.20. The molecule has 0 bridgehead atoms. The van der Waals surface area contributed by atoms with Crippen molar-refractivity contribution < 1.29 is 0 Å². The van der Waals surface area contributed by atoms with Gasteiger partial charge in [-0.1, -0.05) is 12.1 Å². The van der Waals surface area contributed by atoms with Crippen LogP contribution in [0, 0.1) is 34.0 Å². The first kappa shape index (κ1) is 14.1. The zero-order valence-electron chi connectivity index (χ0n) is 11.8. The molecule has 0 aliphatic rings. The molecule has 0 atom stereocenters. The molecule has 7 nitrogen and oxygen atoms in total. The van der Waals surface area contributed by atoms with Crippen LogP contribution >= 0.6 is 0 Å². The van der Waals surface area contributed by atoms with Crippen molar-refractivity contribution in [2.75, 3.05) is 5.73 Å². The van der Waals surface area contributed by atoms with Crippen LogP contribution < -0.4 is 5.73 Å². The molecule has 2 heterocycles. The van der Waals surface area contributed by atoms with Gasteiger partial charge in [-0.2, -0.15) is 15.8 Å². The van der Waals surface area contributed by atoms with Gasteiger partial charge in [0.15, 0.2) is 5.92 Å². The van der Waals surface area contributed by atoms with E-state index in [9.17, 15) is 5.26 Å². The van der Waals surface area contributed by atoms with Crippen molar-refractivity contribution >= 4 is 16.9 Å². The van der Waals surface area contributed by atoms with E-state index in [2.05, 4.69) is 15.0 Å². The number of fused-ring (bicyclic) bond motifs is 1. The number of hydrogen-bond donors (Lipinski definition) is 2. The van der Waals surface area contributed by atoms with Gasteiger partial charge in [0.25, 0.3) is 0 Å². The van der Waals surface area contributed by atoms with Gasteiger partial charge in [0.2, 0.25) is 0 Å². The molecular formula is C16H9N7. The Labute approximate surface area is 131 Å². The quantitative estimate of drug-likeness (QED) is 0.743. The van der Waals surface area contributed by atoms with E-state index in [1.807, 2.05) is 30.3 Å². The standard InChI is InChI=1S/C16H9N7/c17-6-9-5-11(15(20)23-14(9)10(7-18)8-19)16-21-12-3-1-2-4-13(12)22-16/h1-5,10H,(H2,20,23)(H,21,22). The lowest BCUT2D eigenvalue weighted by atomic mass is 10.0. The average Bonchev–Trinajstić information content (AvgIpc) is 3.00. The number of nitriles is 3. The number of nitrogens with zero attached hydrogens (tertiary/aromatic N) is 5. The zero-order chi connectivity index (χ0) is 16.4. The minimum absolute atomic E-state index is 0.0647. The monoisotopic (exact) mass is 299 g/mol. The lowest BCUT2D eigenvalue weighted by molar-refractivity contribution is 1.01. The molecule has 3 rings (SSSR count). The van der Waals surface area contributed by atoms with Crippen LogP contribution in [-0.4, -0.2) is 15.0 Å². The fraction of sp³-hybridized carbons (Fsp3) is 0.0625. The number of hydrogen-bond acceptors (Lipinski definition) is 6. The van der Waals surface area contributed by atoms with Crippen molar-refractivity contribution in [2.45, 2.75) is 5.92 Å². The van der Waals surface area contributed by atoms with Gasteiger partial charge in [-0.3, -0.25) is 0 Å². The van der Waals surface area contributed by atoms with E-state index in [0.717, 1.165) is 11.0 Å². The molecule has 0 fully saturated rings. The predicted molar refractivity (Wildman–Crippen MR) is 82.4 cm³/mol. The normalized spacial score (nSPS) is 10.2. The number of anilines is 1. The maximum atomic E-state index is 9.28. The highest BCUT2D eigenvalue weighted by molar-refractivity contribution is 5.82. The average molecular weight is 299 g/mol. The Hall–Kier alpha value is -3.89. The first-order valence-electron chi connectivity index (χ1n) is 6.62. The van der Waals surface area contributed by atoms with Crippen LogP contribution in [0.3, 0.4) is 0 Å². The van der Waals surface area contributed by atoms with Crippen LogP contribution in [0.5, 0.6) is 0 Å². The van der Waals surface area contributed by atoms with Gasteiger partial charge in [-0.05, 0) is 18.2 Å². The van der Waals surface area contributed by atoms with Crippen molar-refractivity contribution in [1.29, 1.82) is 15.8 Å². The van der Waals surface area contributed by atoms with E-state index in [1.165, 1.54) is 6.07 Å². The minimum Gasteiger partial charge on any atom is -0.383 e. The van der Waals surface area contributed by atoms with Crippen LogP contribution in [-0.2, 0) is 0 Å². The molecule has 0 unspecified atom stereocenters. The van der Waals surface area contributed by atoms with Gasteiger partial charge < -0.3 is 10.7 Å². The Morgan fingerprint density at radius 2 is 1.83 bits per heavy atom. The van der Waals surface area contributed by atoms with Crippen molar-refractivity contribution in [3.05, 3.63) is 41.6 Å². The van der Waals surface area contributed by atoms with Crippen LogP contribution in [0.1, 0.15) is 17.2 Å². The number of H-pyrrole nitrogens is 1. The first-order valence-corrected chi connectivity index (χ1v) is 6.62. The van der Waals surface area contributed by atoms with Crippen LogP contribution in [0.2, 0.25) is 0 Å². The van der Waals surface area contributed by atoms with E-state index in [0.29, 0.717) is 11.4 Å². The number of imidazole rings is 1. The Bertz CT molecular complexity index is 980. The molecular weight excluding hydrogens is 290 g/mol. The SMILES string of the molecule is N#Cc1cc(-c2nc3ccccc3[nH]2)c(N)nc1C(C#N)C#N. The topological polar surface area (TPSA) is 139 Å². The van der Waals surface area contributed by atoms with Crippen LogP contribution in [0.15, 0.2) is 30.3 Å². The van der Waals surface area contributed by atoms with Gasteiger partial charge in [-0.15, -0.1) is 0 Å². The van der Waals surface area contributed by atoms with Gasteiger partial charge in [0.1, 0.15) is 17.7 Å². The third kappa shape index (κ3) is 2.31. The molecule has 108 valence electrons. The first-order chi connectivity index (χ1) is 11.2. The molecule has 0 aliphatic carbocycles. The summed E-state index contributed by atoms with van der Waals surface area (Å²) < 4.78 is 0. The third-order valence-corrected chi connectivity index (χ3v) is 3.38. The maximum Gasteiger partial charge on any atom is 0.176 e. The molecule has 0 saturated heterocycles. The highest BCUT2D eigenvalue weighted by Gasteiger charge is 2.20. The van der Waals surface area contributed by atoms with Gasteiger partial charge in [0.05, 0.1) is 40.0 Å². The van der Waals surface area contributed by atoms with Crippen LogP contribution in [0.4, 0.5) is 5.82 Å². The number of aromatic nitrogens is 3.